The van der Waals surface area contributed by atoms with Crippen molar-refractivity contribution in [3.8, 4) is 0 Å². The van der Waals surface area contributed by atoms with Crippen molar-refractivity contribution in [2.75, 3.05) is 48.8 Å². The standard InChI is InChI=1S/C13H24N6O2/c1-3-13(20,4-2)9-15-11-16-10(14)17-12(18-11)19-5-7-21-8-6-19/h20H,3-9H2,1-2H3,(H3,14,15,16,17,18). The van der Waals surface area contributed by atoms with Gasteiger partial charge in [-0.25, -0.2) is 0 Å². The van der Waals surface area contributed by atoms with Crippen LogP contribution in [0.15, 0.2) is 0 Å². The highest BCUT2D eigenvalue weighted by molar-refractivity contribution is 5.42. The monoisotopic (exact) mass is 296 g/mol. The normalized spacial score (nSPS) is 16.0. The topological polar surface area (TPSA) is 109 Å². The second kappa shape index (κ2) is 6.86. The molecule has 0 bridgehead atoms. The van der Waals surface area contributed by atoms with Crippen molar-refractivity contribution < 1.29 is 9.84 Å². The summed E-state index contributed by atoms with van der Waals surface area (Å²) in [6.07, 6.45) is 1.32. The first kappa shape index (κ1) is 15.7. The summed E-state index contributed by atoms with van der Waals surface area (Å²) in [6, 6.07) is 0. The maximum Gasteiger partial charge on any atom is 0.232 e. The fraction of sp³-hybridized carbons (Fsp3) is 0.769. The van der Waals surface area contributed by atoms with Crippen LogP contribution in [0.1, 0.15) is 26.7 Å². The molecule has 2 heterocycles. The summed E-state index contributed by atoms with van der Waals surface area (Å²) >= 11 is 0. The molecule has 1 aromatic heterocycles. The van der Waals surface area contributed by atoms with Crippen molar-refractivity contribution in [3.63, 3.8) is 0 Å². The predicted octanol–water partition coefficient (Wildman–Crippen LogP) is 0.253. The SMILES string of the molecule is CCC(O)(CC)CNc1nc(N)nc(N2CCOCC2)n1. The van der Waals surface area contributed by atoms with Gasteiger partial charge in [0.25, 0.3) is 0 Å². The van der Waals surface area contributed by atoms with E-state index >= 15 is 0 Å². The minimum atomic E-state index is -0.763. The summed E-state index contributed by atoms with van der Waals surface area (Å²) < 4.78 is 5.31. The molecule has 0 aliphatic carbocycles. The largest absolute Gasteiger partial charge is 0.388 e. The fourth-order valence-corrected chi connectivity index (χ4v) is 2.11. The lowest BCUT2D eigenvalue weighted by Crippen LogP contribution is -2.38. The highest BCUT2D eigenvalue weighted by atomic mass is 16.5. The van der Waals surface area contributed by atoms with Gasteiger partial charge in [-0.3, -0.25) is 0 Å². The van der Waals surface area contributed by atoms with Crippen molar-refractivity contribution in [1.82, 2.24) is 15.0 Å². The van der Waals surface area contributed by atoms with Gasteiger partial charge in [-0.2, -0.15) is 15.0 Å². The molecule has 0 unspecified atom stereocenters. The number of aliphatic hydroxyl groups is 1. The van der Waals surface area contributed by atoms with Gasteiger partial charge in [-0.15, -0.1) is 0 Å². The molecule has 21 heavy (non-hydrogen) atoms. The van der Waals surface area contributed by atoms with Gasteiger partial charge in [-0.1, -0.05) is 13.8 Å². The molecule has 118 valence electrons. The van der Waals surface area contributed by atoms with Crippen LogP contribution in [0.2, 0.25) is 0 Å². The highest BCUT2D eigenvalue weighted by Gasteiger charge is 2.23. The van der Waals surface area contributed by atoms with E-state index in [4.69, 9.17) is 10.5 Å². The van der Waals surface area contributed by atoms with Gasteiger partial charge in [-0.05, 0) is 12.8 Å². The molecule has 0 spiro atoms. The number of hydrogen-bond acceptors (Lipinski definition) is 8. The predicted molar refractivity (Wildman–Crippen MR) is 81.3 cm³/mol. The number of ether oxygens (including phenoxy) is 1. The number of hydrogen-bond donors (Lipinski definition) is 3. The number of nitrogens with one attached hydrogen (secondary N) is 1. The zero-order valence-corrected chi connectivity index (χ0v) is 12.7. The van der Waals surface area contributed by atoms with Crippen LogP contribution in [0.25, 0.3) is 0 Å². The van der Waals surface area contributed by atoms with E-state index in [2.05, 4.69) is 20.3 Å². The lowest BCUT2D eigenvalue weighted by molar-refractivity contribution is 0.0455. The number of nitrogens with two attached hydrogens (primary N) is 1. The Balaban J connectivity index is 2.07. The maximum absolute atomic E-state index is 10.3. The zero-order chi connectivity index (χ0) is 15.3. The second-order valence-corrected chi connectivity index (χ2v) is 5.20. The quantitative estimate of drug-likeness (QED) is 0.685. The van der Waals surface area contributed by atoms with E-state index in [1.54, 1.807) is 0 Å². The Hall–Kier alpha value is -1.67. The Morgan fingerprint density at radius 3 is 2.52 bits per heavy atom. The summed E-state index contributed by atoms with van der Waals surface area (Å²) in [5, 5.41) is 13.3. The maximum atomic E-state index is 10.3. The summed E-state index contributed by atoms with van der Waals surface area (Å²) in [5.41, 5.74) is 4.98. The molecular formula is C13H24N6O2. The Labute approximate surface area is 124 Å². The molecule has 0 atom stereocenters. The molecule has 0 radical (unpaired) electrons. The molecule has 0 aromatic carbocycles. The van der Waals surface area contributed by atoms with Gasteiger partial charge in [0.15, 0.2) is 0 Å². The van der Waals surface area contributed by atoms with E-state index in [-0.39, 0.29) is 5.95 Å². The van der Waals surface area contributed by atoms with Crippen molar-refractivity contribution in [3.05, 3.63) is 0 Å². The van der Waals surface area contributed by atoms with Gasteiger partial charge in [0.1, 0.15) is 0 Å². The minimum Gasteiger partial charge on any atom is -0.388 e. The summed E-state index contributed by atoms with van der Waals surface area (Å²) in [6.45, 7) is 7.05. The first-order valence-electron chi connectivity index (χ1n) is 7.37. The van der Waals surface area contributed by atoms with E-state index < -0.39 is 5.60 Å². The second-order valence-electron chi connectivity index (χ2n) is 5.20. The fourth-order valence-electron chi connectivity index (χ4n) is 2.11. The molecule has 2 rings (SSSR count). The van der Waals surface area contributed by atoms with Gasteiger partial charge in [0.05, 0.1) is 18.8 Å². The van der Waals surface area contributed by atoms with Gasteiger partial charge < -0.3 is 25.8 Å². The molecule has 1 fully saturated rings. The first-order valence-corrected chi connectivity index (χ1v) is 7.37. The van der Waals surface area contributed by atoms with E-state index in [0.717, 1.165) is 13.1 Å². The Morgan fingerprint density at radius 1 is 1.24 bits per heavy atom. The van der Waals surface area contributed by atoms with Crippen molar-refractivity contribution in [2.45, 2.75) is 32.3 Å². The van der Waals surface area contributed by atoms with Crippen LogP contribution in [0.4, 0.5) is 17.8 Å². The third kappa shape index (κ3) is 4.15. The van der Waals surface area contributed by atoms with Gasteiger partial charge in [0, 0.05) is 19.6 Å². The molecule has 8 heteroatoms. The smallest absolute Gasteiger partial charge is 0.232 e. The molecule has 0 amide bonds. The molecule has 1 aliphatic heterocycles. The van der Waals surface area contributed by atoms with Crippen LogP contribution in [0, 0.1) is 0 Å². The van der Waals surface area contributed by atoms with Crippen molar-refractivity contribution in [1.29, 1.82) is 0 Å². The molecule has 1 aromatic rings. The van der Waals surface area contributed by atoms with E-state index in [0.29, 0.717) is 44.5 Å². The lowest BCUT2D eigenvalue weighted by atomic mass is 9.98. The number of nitrogen functional groups attached to an aromatic ring is 1. The summed E-state index contributed by atoms with van der Waals surface area (Å²) in [4.78, 5) is 14.6. The number of rotatable bonds is 6. The average molecular weight is 296 g/mol. The van der Waals surface area contributed by atoms with Crippen LogP contribution in [-0.2, 0) is 4.74 Å². The molecular weight excluding hydrogens is 272 g/mol. The van der Waals surface area contributed by atoms with E-state index in [9.17, 15) is 5.11 Å². The van der Waals surface area contributed by atoms with Gasteiger partial charge >= 0.3 is 0 Å². The first-order chi connectivity index (χ1) is 10.1. The number of nitrogens with zero attached hydrogens (tertiary/aromatic N) is 4. The third-order valence-electron chi connectivity index (χ3n) is 3.83. The number of aromatic nitrogens is 3. The summed E-state index contributed by atoms with van der Waals surface area (Å²) in [5.74, 6) is 1.11. The number of morpholine rings is 1. The van der Waals surface area contributed by atoms with E-state index in [1.165, 1.54) is 0 Å². The van der Waals surface area contributed by atoms with Crippen LogP contribution in [0.5, 0.6) is 0 Å². The molecule has 8 nitrogen and oxygen atoms in total. The van der Waals surface area contributed by atoms with E-state index in [1.807, 2.05) is 18.7 Å². The van der Waals surface area contributed by atoms with Crippen LogP contribution < -0.4 is 16.0 Å². The Bertz CT molecular complexity index is 460. The minimum absolute atomic E-state index is 0.172. The van der Waals surface area contributed by atoms with Gasteiger partial charge in [0.2, 0.25) is 17.8 Å². The third-order valence-corrected chi connectivity index (χ3v) is 3.83. The zero-order valence-electron chi connectivity index (χ0n) is 12.7. The highest BCUT2D eigenvalue weighted by Crippen LogP contribution is 2.17. The molecule has 1 aliphatic rings. The Morgan fingerprint density at radius 2 is 1.90 bits per heavy atom. The Kier molecular flexibility index (Phi) is 5.13. The average Bonchev–Trinajstić information content (AvgIpc) is 2.53. The van der Waals surface area contributed by atoms with Crippen molar-refractivity contribution >= 4 is 17.8 Å². The van der Waals surface area contributed by atoms with Crippen LogP contribution in [-0.4, -0.2) is 58.5 Å². The lowest BCUT2D eigenvalue weighted by Gasteiger charge is -2.28. The molecule has 0 saturated carbocycles. The molecule has 4 N–H and O–H groups in total. The summed E-state index contributed by atoms with van der Waals surface area (Å²) in [7, 11) is 0. The van der Waals surface area contributed by atoms with Crippen LogP contribution in [0.3, 0.4) is 0 Å². The van der Waals surface area contributed by atoms with Crippen molar-refractivity contribution in [2.24, 2.45) is 0 Å². The van der Waals surface area contributed by atoms with Crippen LogP contribution >= 0.6 is 0 Å². The molecule has 1 saturated heterocycles. The number of anilines is 3.